The van der Waals surface area contributed by atoms with Crippen LogP contribution in [0.1, 0.15) is 46.1 Å². The van der Waals surface area contributed by atoms with Crippen molar-refractivity contribution < 1.29 is 9.13 Å². The maximum Gasteiger partial charge on any atom is 0.123 e. The molecule has 2 aromatic carbocycles. The number of methoxy groups -OCH3 is 1. The predicted molar refractivity (Wildman–Crippen MR) is 137 cm³/mol. The summed E-state index contributed by atoms with van der Waals surface area (Å²) in [5.74, 6) is -0.217. The normalized spacial score (nSPS) is 21.6. The molecule has 0 saturated carbocycles. The number of halogens is 1. The molecule has 0 bridgehead atoms. The third kappa shape index (κ3) is 5.53. The lowest BCUT2D eigenvalue weighted by molar-refractivity contribution is 0.0746. The monoisotopic (exact) mass is 466 g/mol. The topological polar surface area (TPSA) is 24.5 Å². The standard InChI is InChI=1S/C28H35FN2OS/c1-20-17-28(19-32-5)18-31(33-25-12-6-21(7-13-25)27(2,3)4)15-14-22(28)16-26(20)30-24-10-8-23(29)9-11-24/h6-13,16,30H,14-15,17-19H2,1-5H3. The summed E-state index contributed by atoms with van der Waals surface area (Å²) in [5.41, 5.74) is 6.31. The zero-order valence-electron chi connectivity index (χ0n) is 20.4. The number of piperidine rings is 1. The Morgan fingerprint density at radius 1 is 1.09 bits per heavy atom. The molecule has 5 heteroatoms. The minimum atomic E-state index is -0.217. The van der Waals surface area contributed by atoms with Crippen molar-refractivity contribution in [2.75, 3.05) is 32.1 Å². The Morgan fingerprint density at radius 3 is 2.42 bits per heavy atom. The molecule has 1 heterocycles. The summed E-state index contributed by atoms with van der Waals surface area (Å²) in [5, 5.41) is 3.50. The summed E-state index contributed by atoms with van der Waals surface area (Å²) < 4.78 is 21.5. The van der Waals surface area contributed by atoms with Crippen LogP contribution in [0, 0.1) is 11.2 Å². The van der Waals surface area contributed by atoms with Gasteiger partial charge in [-0.2, -0.15) is 0 Å². The van der Waals surface area contributed by atoms with Crippen LogP contribution < -0.4 is 5.32 Å². The minimum Gasteiger partial charge on any atom is -0.384 e. The molecule has 4 rings (SSSR count). The predicted octanol–water partition coefficient (Wildman–Crippen LogP) is 7.19. The highest BCUT2D eigenvalue weighted by Crippen LogP contribution is 2.47. The van der Waals surface area contributed by atoms with E-state index in [0.717, 1.165) is 37.3 Å². The van der Waals surface area contributed by atoms with Gasteiger partial charge in [-0.15, -0.1) is 0 Å². The molecule has 1 N–H and O–H groups in total. The largest absolute Gasteiger partial charge is 0.384 e. The van der Waals surface area contributed by atoms with E-state index in [1.807, 2.05) is 11.9 Å². The first-order valence-corrected chi connectivity index (χ1v) is 12.4. The summed E-state index contributed by atoms with van der Waals surface area (Å²) in [6, 6.07) is 15.6. The number of benzene rings is 2. The fourth-order valence-electron chi connectivity index (χ4n) is 4.86. The van der Waals surface area contributed by atoms with Gasteiger partial charge in [0, 0.05) is 41.9 Å². The van der Waals surface area contributed by atoms with E-state index < -0.39 is 0 Å². The Hall–Kier alpha value is -2.08. The van der Waals surface area contributed by atoms with Crippen LogP contribution in [0.5, 0.6) is 0 Å². The number of hydrogen-bond donors (Lipinski definition) is 1. The zero-order valence-corrected chi connectivity index (χ0v) is 21.2. The van der Waals surface area contributed by atoms with Crippen molar-refractivity contribution in [3.05, 3.63) is 82.8 Å². The minimum absolute atomic E-state index is 0.0105. The van der Waals surface area contributed by atoms with Crippen molar-refractivity contribution >= 4 is 17.6 Å². The molecule has 1 aliphatic heterocycles. The second-order valence-electron chi connectivity index (χ2n) is 10.4. The second-order valence-corrected chi connectivity index (χ2v) is 11.5. The number of hydrogen-bond acceptors (Lipinski definition) is 4. The highest BCUT2D eigenvalue weighted by Gasteiger charge is 2.42. The van der Waals surface area contributed by atoms with E-state index in [2.05, 4.69) is 67.7 Å². The molecule has 0 amide bonds. The average Bonchev–Trinajstić information content (AvgIpc) is 2.76. The van der Waals surface area contributed by atoms with Crippen LogP contribution in [0.25, 0.3) is 0 Å². The van der Waals surface area contributed by atoms with Gasteiger partial charge in [-0.1, -0.05) is 38.5 Å². The van der Waals surface area contributed by atoms with Crippen molar-refractivity contribution in [1.29, 1.82) is 0 Å². The van der Waals surface area contributed by atoms with Crippen LogP contribution in [-0.4, -0.2) is 31.1 Å². The molecular formula is C28H35FN2OS. The molecule has 3 nitrogen and oxygen atoms in total. The smallest absolute Gasteiger partial charge is 0.123 e. The van der Waals surface area contributed by atoms with Gasteiger partial charge in [0.2, 0.25) is 0 Å². The SMILES string of the molecule is COCC12CC(C)=C(Nc3ccc(F)cc3)C=C1CCN(Sc1ccc(C(C)(C)C)cc1)C2. The highest BCUT2D eigenvalue weighted by molar-refractivity contribution is 7.97. The maximum absolute atomic E-state index is 13.3. The van der Waals surface area contributed by atoms with Gasteiger partial charge in [-0.25, -0.2) is 8.70 Å². The quantitative estimate of drug-likeness (QED) is 0.456. The Labute approximate surface area is 202 Å². The molecule has 0 aromatic heterocycles. The molecule has 0 spiro atoms. The fourth-order valence-corrected chi connectivity index (χ4v) is 5.91. The second kappa shape index (κ2) is 9.65. The Balaban J connectivity index is 1.49. The molecule has 1 fully saturated rings. The number of allylic oxidation sites excluding steroid dienone is 2. The van der Waals surface area contributed by atoms with Crippen LogP contribution in [0.2, 0.25) is 0 Å². The molecule has 1 unspecified atom stereocenters. The number of anilines is 1. The molecule has 1 saturated heterocycles. The van der Waals surface area contributed by atoms with E-state index in [1.165, 1.54) is 33.7 Å². The molecule has 1 aliphatic carbocycles. The molecule has 2 aromatic rings. The zero-order chi connectivity index (χ0) is 23.6. The van der Waals surface area contributed by atoms with Crippen LogP contribution in [-0.2, 0) is 10.2 Å². The third-order valence-electron chi connectivity index (χ3n) is 6.67. The average molecular weight is 467 g/mol. The van der Waals surface area contributed by atoms with Crippen LogP contribution in [0.15, 0.2) is 76.3 Å². The lowest BCUT2D eigenvalue weighted by Crippen LogP contribution is -2.46. The van der Waals surface area contributed by atoms with Crippen molar-refractivity contribution in [2.45, 2.75) is 50.8 Å². The Kier molecular flexibility index (Phi) is 7.04. The molecule has 0 radical (unpaired) electrons. The molecular weight excluding hydrogens is 431 g/mol. The van der Waals surface area contributed by atoms with Crippen LogP contribution >= 0.6 is 11.9 Å². The van der Waals surface area contributed by atoms with Gasteiger partial charge in [0.25, 0.3) is 0 Å². The molecule has 176 valence electrons. The first-order valence-electron chi connectivity index (χ1n) is 11.6. The van der Waals surface area contributed by atoms with Crippen molar-refractivity contribution in [3.8, 4) is 0 Å². The van der Waals surface area contributed by atoms with Gasteiger partial charge in [0.1, 0.15) is 5.82 Å². The number of fused-ring (bicyclic) bond motifs is 1. The van der Waals surface area contributed by atoms with E-state index in [9.17, 15) is 4.39 Å². The first-order chi connectivity index (χ1) is 15.7. The number of nitrogens with one attached hydrogen (secondary N) is 1. The van der Waals surface area contributed by atoms with Crippen LogP contribution in [0.4, 0.5) is 10.1 Å². The van der Waals surface area contributed by atoms with E-state index in [-0.39, 0.29) is 16.6 Å². The van der Waals surface area contributed by atoms with E-state index >= 15 is 0 Å². The van der Waals surface area contributed by atoms with Crippen LogP contribution in [0.3, 0.4) is 0 Å². The summed E-state index contributed by atoms with van der Waals surface area (Å²) in [6.07, 6.45) is 4.27. The summed E-state index contributed by atoms with van der Waals surface area (Å²) in [4.78, 5) is 1.28. The Bertz CT molecular complexity index is 1040. The Morgan fingerprint density at radius 2 is 1.79 bits per heavy atom. The van der Waals surface area contributed by atoms with Gasteiger partial charge in [0.05, 0.1) is 6.61 Å². The highest BCUT2D eigenvalue weighted by atomic mass is 32.2. The summed E-state index contributed by atoms with van der Waals surface area (Å²) >= 11 is 1.85. The van der Waals surface area contributed by atoms with Gasteiger partial charge >= 0.3 is 0 Å². The third-order valence-corrected chi connectivity index (χ3v) is 7.72. The number of ether oxygens (including phenoxy) is 1. The van der Waals surface area contributed by atoms with Gasteiger partial charge < -0.3 is 10.1 Å². The van der Waals surface area contributed by atoms with E-state index in [4.69, 9.17) is 4.74 Å². The van der Waals surface area contributed by atoms with E-state index in [0.29, 0.717) is 6.61 Å². The number of nitrogens with zero attached hydrogens (tertiary/aromatic N) is 1. The van der Waals surface area contributed by atoms with Crippen molar-refractivity contribution in [3.63, 3.8) is 0 Å². The molecule has 1 atom stereocenters. The summed E-state index contributed by atoms with van der Waals surface area (Å²) in [7, 11) is 1.80. The molecule has 2 aliphatic rings. The lowest BCUT2D eigenvalue weighted by atomic mass is 9.69. The van der Waals surface area contributed by atoms with Gasteiger partial charge in [-0.3, -0.25) is 0 Å². The maximum atomic E-state index is 13.3. The number of rotatable bonds is 6. The fraction of sp³-hybridized carbons (Fsp3) is 0.429. The lowest BCUT2D eigenvalue weighted by Gasteiger charge is -2.46. The van der Waals surface area contributed by atoms with Gasteiger partial charge in [-0.05, 0) is 90.7 Å². The van der Waals surface area contributed by atoms with E-state index in [1.54, 1.807) is 19.2 Å². The summed E-state index contributed by atoms with van der Waals surface area (Å²) in [6.45, 7) is 11.6. The van der Waals surface area contributed by atoms with Crippen molar-refractivity contribution in [2.24, 2.45) is 5.41 Å². The van der Waals surface area contributed by atoms with Gasteiger partial charge in [0.15, 0.2) is 0 Å². The molecule has 33 heavy (non-hydrogen) atoms. The van der Waals surface area contributed by atoms with Crippen molar-refractivity contribution in [1.82, 2.24) is 4.31 Å². The first kappa shape index (κ1) is 24.1.